The summed E-state index contributed by atoms with van der Waals surface area (Å²) in [6.07, 6.45) is 1.95. The molecule has 0 radical (unpaired) electrons. The quantitative estimate of drug-likeness (QED) is 0.316. The highest BCUT2D eigenvalue weighted by Gasteiger charge is 2.24. The molecule has 0 atom stereocenters. The Morgan fingerprint density at radius 3 is 2.60 bits per heavy atom. The Hall–Kier alpha value is -4.03. The topological polar surface area (TPSA) is 136 Å². The summed E-state index contributed by atoms with van der Waals surface area (Å²) >= 11 is 0.926. The number of benzene rings is 1. The van der Waals surface area contributed by atoms with Crippen LogP contribution in [0.2, 0.25) is 0 Å². The van der Waals surface area contributed by atoms with Gasteiger partial charge in [-0.1, -0.05) is 11.3 Å². The molecule has 0 aliphatic carbocycles. The van der Waals surface area contributed by atoms with Crippen LogP contribution in [0.4, 0.5) is 19.6 Å². The van der Waals surface area contributed by atoms with Gasteiger partial charge in [-0.15, -0.1) is 16.4 Å². The van der Waals surface area contributed by atoms with Crippen molar-refractivity contribution in [2.75, 3.05) is 5.32 Å². The van der Waals surface area contributed by atoms with Crippen LogP contribution in [-0.2, 0) is 12.1 Å². The third-order valence-corrected chi connectivity index (χ3v) is 6.19. The second-order valence-corrected chi connectivity index (χ2v) is 9.22. The Kier molecular flexibility index (Phi) is 6.41. The van der Waals surface area contributed by atoms with Gasteiger partial charge in [-0.2, -0.15) is 0 Å². The number of aliphatic hydroxyl groups is 1. The van der Waals surface area contributed by atoms with Gasteiger partial charge < -0.3 is 16.2 Å². The Morgan fingerprint density at radius 1 is 1.26 bits per heavy atom. The van der Waals surface area contributed by atoms with Crippen LogP contribution in [0, 0.1) is 11.6 Å². The fraction of sp³-hybridized carbons (Fsp3) is 0.174. The van der Waals surface area contributed by atoms with Crippen LogP contribution in [0.25, 0.3) is 10.4 Å². The number of nitrogens with zero attached hydrogens (tertiary/aromatic N) is 4. The van der Waals surface area contributed by atoms with Gasteiger partial charge in [0.25, 0.3) is 5.91 Å². The molecule has 0 bridgehead atoms. The second-order valence-electron chi connectivity index (χ2n) is 8.17. The maximum absolute atomic E-state index is 14.9. The summed E-state index contributed by atoms with van der Waals surface area (Å²) in [5.41, 5.74) is 4.66. The SMILES string of the molecule is CC(C)(O)c1cc(F)c(-c2cc(C(N)=O)c(Nc3cccc(Cn4nncc4C=O)n3)s2)c(F)c1. The van der Waals surface area contributed by atoms with Crippen molar-refractivity contribution >= 4 is 34.3 Å². The zero-order chi connectivity index (χ0) is 25.3. The monoisotopic (exact) mass is 498 g/mol. The molecule has 0 aliphatic heterocycles. The van der Waals surface area contributed by atoms with Gasteiger partial charge in [-0.25, -0.2) is 18.4 Å². The van der Waals surface area contributed by atoms with Crippen molar-refractivity contribution in [2.45, 2.75) is 26.0 Å². The first-order valence-electron chi connectivity index (χ1n) is 10.3. The zero-order valence-corrected chi connectivity index (χ0v) is 19.4. The largest absolute Gasteiger partial charge is 0.386 e. The number of carbonyl (C=O) groups excluding carboxylic acids is 2. The lowest BCUT2D eigenvalue weighted by Crippen LogP contribution is -2.16. The van der Waals surface area contributed by atoms with Gasteiger partial charge in [0.05, 0.1) is 35.2 Å². The summed E-state index contributed by atoms with van der Waals surface area (Å²) in [5.74, 6) is -2.22. The number of pyridine rings is 1. The highest BCUT2D eigenvalue weighted by Crippen LogP contribution is 2.40. The first-order valence-corrected chi connectivity index (χ1v) is 11.1. The fourth-order valence-electron chi connectivity index (χ4n) is 3.34. The molecule has 4 aromatic rings. The van der Waals surface area contributed by atoms with Crippen LogP contribution >= 0.6 is 11.3 Å². The molecule has 180 valence electrons. The van der Waals surface area contributed by atoms with E-state index in [4.69, 9.17) is 5.73 Å². The molecular formula is C23H20F2N6O3S. The Labute approximate surface area is 202 Å². The molecule has 0 spiro atoms. The molecular weight excluding hydrogens is 478 g/mol. The minimum Gasteiger partial charge on any atom is -0.386 e. The molecule has 0 saturated heterocycles. The maximum Gasteiger partial charge on any atom is 0.251 e. The van der Waals surface area contributed by atoms with E-state index in [9.17, 15) is 23.5 Å². The van der Waals surface area contributed by atoms with E-state index in [2.05, 4.69) is 20.6 Å². The lowest BCUT2D eigenvalue weighted by Gasteiger charge is -2.18. The lowest BCUT2D eigenvalue weighted by molar-refractivity contribution is 0.0778. The number of hydrogen-bond donors (Lipinski definition) is 3. The molecule has 0 fully saturated rings. The van der Waals surface area contributed by atoms with Gasteiger partial charge >= 0.3 is 0 Å². The molecule has 3 aromatic heterocycles. The van der Waals surface area contributed by atoms with Gasteiger partial charge in [-0.05, 0) is 49.7 Å². The summed E-state index contributed by atoms with van der Waals surface area (Å²) in [7, 11) is 0. The smallest absolute Gasteiger partial charge is 0.251 e. The number of nitrogens with two attached hydrogens (primary N) is 1. The minimum absolute atomic E-state index is 0.0297. The molecule has 0 saturated carbocycles. The van der Waals surface area contributed by atoms with E-state index in [-0.39, 0.29) is 38.8 Å². The number of thiophene rings is 1. The third-order valence-electron chi connectivity index (χ3n) is 5.12. The highest BCUT2D eigenvalue weighted by atomic mass is 32.1. The molecule has 1 aromatic carbocycles. The second kappa shape index (κ2) is 9.31. The maximum atomic E-state index is 14.9. The number of amides is 1. The molecule has 4 rings (SSSR count). The number of carbonyl (C=O) groups is 2. The molecule has 1 amide bonds. The van der Waals surface area contributed by atoms with Crippen molar-refractivity contribution in [3.8, 4) is 10.4 Å². The number of nitrogens with one attached hydrogen (secondary N) is 1. The first-order chi connectivity index (χ1) is 16.6. The van der Waals surface area contributed by atoms with Crippen LogP contribution in [0.3, 0.4) is 0 Å². The number of anilines is 2. The van der Waals surface area contributed by atoms with Crippen molar-refractivity contribution in [2.24, 2.45) is 5.73 Å². The normalized spacial score (nSPS) is 11.5. The average Bonchev–Trinajstić information content (AvgIpc) is 3.39. The van der Waals surface area contributed by atoms with E-state index in [1.807, 2.05) is 0 Å². The Balaban J connectivity index is 1.67. The number of hydrogen-bond acceptors (Lipinski definition) is 8. The number of primary amides is 1. The average molecular weight is 499 g/mol. The minimum atomic E-state index is -1.43. The van der Waals surface area contributed by atoms with E-state index >= 15 is 0 Å². The molecule has 4 N–H and O–H groups in total. The van der Waals surface area contributed by atoms with E-state index in [0.29, 0.717) is 17.8 Å². The fourth-order valence-corrected chi connectivity index (χ4v) is 4.46. The predicted molar refractivity (Wildman–Crippen MR) is 125 cm³/mol. The number of aromatic nitrogens is 4. The number of aldehydes is 1. The van der Waals surface area contributed by atoms with Crippen LogP contribution < -0.4 is 11.1 Å². The summed E-state index contributed by atoms with van der Waals surface area (Å²) < 4.78 is 31.1. The summed E-state index contributed by atoms with van der Waals surface area (Å²) in [6.45, 7) is 3.01. The van der Waals surface area contributed by atoms with Gasteiger partial charge in [0.1, 0.15) is 28.1 Å². The van der Waals surface area contributed by atoms with Crippen LogP contribution in [-0.4, -0.2) is 37.3 Å². The van der Waals surface area contributed by atoms with Gasteiger partial charge in [-0.3, -0.25) is 9.59 Å². The first kappa shape index (κ1) is 24.1. The van der Waals surface area contributed by atoms with Gasteiger partial charge in [0, 0.05) is 4.88 Å². The van der Waals surface area contributed by atoms with E-state index in [0.717, 1.165) is 23.5 Å². The summed E-state index contributed by atoms with van der Waals surface area (Å²) in [6, 6.07) is 8.46. The van der Waals surface area contributed by atoms with Crippen molar-refractivity contribution in [1.29, 1.82) is 0 Å². The van der Waals surface area contributed by atoms with E-state index in [1.54, 1.807) is 18.2 Å². The van der Waals surface area contributed by atoms with Crippen molar-refractivity contribution in [3.63, 3.8) is 0 Å². The van der Waals surface area contributed by atoms with Crippen LogP contribution in [0.15, 0.2) is 42.6 Å². The molecule has 12 heteroatoms. The van der Waals surface area contributed by atoms with Crippen molar-refractivity contribution in [3.05, 3.63) is 76.7 Å². The summed E-state index contributed by atoms with van der Waals surface area (Å²) in [4.78, 5) is 27.7. The number of rotatable bonds is 8. The van der Waals surface area contributed by atoms with Gasteiger partial charge in [0.15, 0.2) is 6.29 Å². The van der Waals surface area contributed by atoms with Gasteiger partial charge in [0.2, 0.25) is 0 Å². The summed E-state index contributed by atoms with van der Waals surface area (Å²) in [5, 5.41) is 20.8. The highest BCUT2D eigenvalue weighted by molar-refractivity contribution is 7.20. The van der Waals surface area contributed by atoms with Crippen molar-refractivity contribution < 1.29 is 23.5 Å². The third kappa shape index (κ3) is 5.08. The van der Waals surface area contributed by atoms with E-state index < -0.39 is 23.1 Å². The zero-order valence-electron chi connectivity index (χ0n) is 18.6. The van der Waals surface area contributed by atoms with E-state index in [1.165, 1.54) is 30.8 Å². The van der Waals surface area contributed by atoms with Crippen LogP contribution in [0.5, 0.6) is 0 Å². The molecule has 0 aliphatic rings. The molecule has 3 heterocycles. The lowest BCUT2D eigenvalue weighted by atomic mass is 9.96. The number of halogens is 2. The Bertz CT molecular complexity index is 1400. The Morgan fingerprint density at radius 2 is 1.97 bits per heavy atom. The molecule has 9 nitrogen and oxygen atoms in total. The predicted octanol–water partition coefficient (Wildman–Crippen LogP) is 3.61. The van der Waals surface area contributed by atoms with Crippen molar-refractivity contribution in [1.82, 2.24) is 20.0 Å². The molecule has 0 unspecified atom stereocenters. The molecule has 35 heavy (non-hydrogen) atoms. The standard InChI is InChI=1S/C23H20F2N6O3S/c1-23(2,34)12-6-16(24)20(17(25)7-12)18-8-15(21(26)33)22(35-18)29-19-5-3-4-13(28-19)10-31-14(11-32)9-27-30-31/h3-9,11,34H,10H2,1-2H3,(H2,26,33)(H,28,29). The van der Waals surface area contributed by atoms with Crippen LogP contribution in [0.1, 0.15) is 46.0 Å².